The van der Waals surface area contributed by atoms with Gasteiger partial charge in [0, 0.05) is 18.3 Å². The standard InChI is InChI=1S/C22H26N2O7S/c1-13-9-14(2)21(15(3)10-13)32(27,28)23-8-7-20(25)31-16(4)22(26)24-17-5-6-18-19(11-17)30-12-29-18/h5-6,9-11,16,23H,7-8,12H2,1-4H3,(H,24,26)/t16-/m0/s1. The summed E-state index contributed by atoms with van der Waals surface area (Å²) in [6.45, 7) is 6.75. The molecule has 172 valence electrons. The van der Waals surface area contributed by atoms with Crippen molar-refractivity contribution in [3.05, 3.63) is 47.0 Å². The van der Waals surface area contributed by atoms with Gasteiger partial charge in [-0.2, -0.15) is 0 Å². The summed E-state index contributed by atoms with van der Waals surface area (Å²) >= 11 is 0. The highest BCUT2D eigenvalue weighted by Crippen LogP contribution is 2.34. The minimum Gasteiger partial charge on any atom is -0.454 e. The molecular weight excluding hydrogens is 436 g/mol. The highest BCUT2D eigenvalue weighted by molar-refractivity contribution is 7.89. The molecular formula is C22H26N2O7S. The van der Waals surface area contributed by atoms with Crippen LogP contribution in [0, 0.1) is 20.8 Å². The lowest BCUT2D eigenvalue weighted by molar-refractivity contribution is -0.152. The Labute approximate surface area is 187 Å². The summed E-state index contributed by atoms with van der Waals surface area (Å²) in [7, 11) is -3.78. The van der Waals surface area contributed by atoms with E-state index >= 15 is 0 Å². The van der Waals surface area contributed by atoms with Gasteiger partial charge in [0.25, 0.3) is 5.91 Å². The number of hydrogen-bond donors (Lipinski definition) is 2. The van der Waals surface area contributed by atoms with Crippen LogP contribution in [-0.4, -0.2) is 39.7 Å². The molecule has 1 heterocycles. The van der Waals surface area contributed by atoms with Crippen molar-refractivity contribution in [2.45, 2.75) is 45.1 Å². The van der Waals surface area contributed by atoms with Crippen LogP contribution in [-0.2, 0) is 24.3 Å². The van der Waals surface area contributed by atoms with Crippen molar-refractivity contribution >= 4 is 27.6 Å². The predicted octanol–water partition coefficient (Wildman–Crippen LogP) is 2.58. The smallest absolute Gasteiger partial charge is 0.307 e. The van der Waals surface area contributed by atoms with Gasteiger partial charge in [-0.25, -0.2) is 13.1 Å². The van der Waals surface area contributed by atoms with Crippen molar-refractivity contribution in [3.8, 4) is 11.5 Å². The monoisotopic (exact) mass is 462 g/mol. The Hall–Kier alpha value is -3.11. The van der Waals surface area contributed by atoms with Gasteiger partial charge < -0.3 is 19.5 Å². The van der Waals surface area contributed by atoms with E-state index in [4.69, 9.17) is 14.2 Å². The maximum atomic E-state index is 12.6. The summed E-state index contributed by atoms with van der Waals surface area (Å²) in [5, 5.41) is 2.63. The van der Waals surface area contributed by atoms with Crippen LogP contribution < -0.4 is 19.5 Å². The van der Waals surface area contributed by atoms with Gasteiger partial charge in [0.2, 0.25) is 16.8 Å². The van der Waals surface area contributed by atoms with Crippen molar-refractivity contribution < 1.29 is 32.2 Å². The van der Waals surface area contributed by atoms with E-state index in [1.807, 2.05) is 6.92 Å². The molecule has 0 radical (unpaired) electrons. The first-order chi connectivity index (χ1) is 15.1. The molecule has 2 aromatic rings. The van der Waals surface area contributed by atoms with E-state index in [0.29, 0.717) is 28.3 Å². The number of benzene rings is 2. The second kappa shape index (κ2) is 9.58. The quantitative estimate of drug-likeness (QED) is 0.579. The first kappa shape index (κ1) is 23.6. The lowest BCUT2D eigenvalue weighted by atomic mass is 10.1. The third kappa shape index (κ3) is 5.57. The molecule has 0 fully saturated rings. The molecule has 1 aliphatic rings. The number of hydrogen-bond acceptors (Lipinski definition) is 7. The molecule has 0 spiro atoms. The zero-order chi connectivity index (χ0) is 23.5. The topological polar surface area (TPSA) is 120 Å². The number of nitrogens with one attached hydrogen (secondary N) is 2. The van der Waals surface area contributed by atoms with E-state index in [1.165, 1.54) is 6.92 Å². The molecule has 3 rings (SSSR count). The second-order valence-corrected chi connectivity index (χ2v) is 9.27. The predicted molar refractivity (Wildman–Crippen MR) is 117 cm³/mol. The molecule has 0 saturated carbocycles. The Morgan fingerprint density at radius 2 is 1.72 bits per heavy atom. The molecule has 2 N–H and O–H groups in total. The number of rotatable bonds is 8. The Balaban J connectivity index is 1.49. The van der Waals surface area contributed by atoms with Gasteiger partial charge in [0.05, 0.1) is 11.3 Å². The zero-order valence-corrected chi connectivity index (χ0v) is 19.2. The Morgan fingerprint density at radius 1 is 1.06 bits per heavy atom. The fraction of sp³-hybridized carbons (Fsp3) is 0.364. The summed E-state index contributed by atoms with van der Waals surface area (Å²) in [6, 6.07) is 8.49. The van der Waals surface area contributed by atoms with Crippen LogP contribution >= 0.6 is 0 Å². The molecule has 32 heavy (non-hydrogen) atoms. The average molecular weight is 463 g/mol. The number of fused-ring (bicyclic) bond motifs is 1. The molecule has 10 heteroatoms. The van der Waals surface area contributed by atoms with Crippen LogP contribution in [0.3, 0.4) is 0 Å². The SMILES string of the molecule is Cc1cc(C)c(S(=O)(=O)NCCC(=O)O[C@@H](C)C(=O)Nc2ccc3c(c2)OCO3)c(C)c1. The highest BCUT2D eigenvalue weighted by atomic mass is 32.2. The summed E-state index contributed by atoms with van der Waals surface area (Å²) in [5.41, 5.74) is 2.70. The molecule has 2 aromatic carbocycles. The molecule has 1 atom stereocenters. The van der Waals surface area contributed by atoms with Crippen molar-refractivity contribution in [2.24, 2.45) is 0 Å². The minimum atomic E-state index is -3.78. The van der Waals surface area contributed by atoms with Gasteiger partial charge >= 0.3 is 5.97 Å². The molecule has 0 unspecified atom stereocenters. The molecule has 0 saturated heterocycles. The van der Waals surface area contributed by atoms with E-state index in [9.17, 15) is 18.0 Å². The first-order valence-corrected chi connectivity index (χ1v) is 11.5. The Morgan fingerprint density at radius 3 is 2.41 bits per heavy atom. The van der Waals surface area contributed by atoms with E-state index in [-0.39, 0.29) is 24.7 Å². The van der Waals surface area contributed by atoms with Crippen LogP contribution in [0.5, 0.6) is 11.5 Å². The summed E-state index contributed by atoms with van der Waals surface area (Å²) < 4.78 is 43.3. The summed E-state index contributed by atoms with van der Waals surface area (Å²) in [4.78, 5) is 24.6. The number of aryl methyl sites for hydroxylation is 3. The van der Waals surface area contributed by atoms with Crippen LogP contribution in [0.25, 0.3) is 0 Å². The van der Waals surface area contributed by atoms with Gasteiger partial charge in [0.1, 0.15) is 0 Å². The van der Waals surface area contributed by atoms with E-state index < -0.39 is 28.0 Å². The maximum absolute atomic E-state index is 12.6. The lowest BCUT2D eigenvalue weighted by Gasteiger charge is -2.15. The minimum absolute atomic E-state index is 0.119. The van der Waals surface area contributed by atoms with Gasteiger partial charge in [-0.3, -0.25) is 9.59 Å². The normalized spacial score (nSPS) is 13.5. The van der Waals surface area contributed by atoms with Crippen LogP contribution in [0.2, 0.25) is 0 Å². The molecule has 1 aliphatic heterocycles. The number of esters is 1. The number of carbonyl (C=O) groups excluding carboxylic acids is 2. The van der Waals surface area contributed by atoms with Crippen LogP contribution in [0.1, 0.15) is 30.0 Å². The average Bonchev–Trinajstić information content (AvgIpc) is 3.14. The molecule has 9 nitrogen and oxygen atoms in total. The fourth-order valence-electron chi connectivity index (χ4n) is 3.48. The second-order valence-electron chi connectivity index (χ2n) is 7.56. The van der Waals surface area contributed by atoms with Gasteiger partial charge in [-0.05, 0) is 51.0 Å². The number of carbonyl (C=O) groups is 2. The summed E-state index contributed by atoms with van der Waals surface area (Å²) in [5.74, 6) is -0.123. The van der Waals surface area contributed by atoms with E-state index in [0.717, 1.165) is 5.56 Å². The Bertz CT molecular complexity index is 1120. The van der Waals surface area contributed by atoms with Gasteiger partial charge in [0.15, 0.2) is 17.6 Å². The maximum Gasteiger partial charge on any atom is 0.307 e. The number of amides is 1. The van der Waals surface area contributed by atoms with Crippen molar-refractivity contribution in [1.82, 2.24) is 4.72 Å². The van der Waals surface area contributed by atoms with Crippen LogP contribution in [0.15, 0.2) is 35.2 Å². The summed E-state index contributed by atoms with van der Waals surface area (Å²) in [6.07, 6.45) is -1.28. The molecule has 0 aromatic heterocycles. The van der Waals surface area contributed by atoms with Gasteiger partial charge in [-0.15, -0.1) is 0 Å². The van der Waals surface area contributed by atoms with Crippen LogP contribution in [0.4, 0.5) is 5.69 Å². The largest absolute Gasteiger partial charge is 0.454 e. The number of anilines is 1. The first-order valence-electron chi connectivity index (χ1n) is 10.0. The van der Waals surface area contributed by atoms with E-state index in [1.54, 1.807) is 44.2 Å². The lowest BCUT2D eigenvalue weighted by Crippen LogP contribution is -2.32. The third-order valence-electron chi connectivity index (χ3n) is 4.81. The number of ether oxygens (including phenoxy) is 3. The zero-order valence-electron chi connectivity index (χ0n) is 18.4. The number of sulfonamides is 1. The molecule has 1 amide bonds. The van der Waals surface area contributed by atoms with Crippen molar-refractivity contribution in [1.29, 1.82) is 0 Å². The fourth-order valence-corrected chi connectivity index (χ4v) is 4.96. The van der Waals surface area contributed by atoms with Crippen molar-refractivity contribution in [2.75, 3.05) is 18.7 Å². The van der Waals surface area contributed by atoms with Crippen molar-refractivity contribution in [3.63, 3.8) is 0 Å². The van der Waals surface area contributed by atoms with E-state index in [2.05, 4.69) is 10.0 Å². The molecule has 0 bridgehead atoms. The Kier molecular flexibility index (Phi) is 7.05. The third-order valence-corrected chi connectivity index (χ3v) is 6.58. The highest BCUT2D eigenvalue weighted by Gasteiger charge is 2.22. The van der Waals surface area contributed by atoms with Gasteiger partial charge in [-0.1, -0.05) is 17.7 Å². The molecule has 0 aliphatic carbocycles.